The topological polar surface area (TPSA) is 59.4 Å². The van der Waals surface area contributed by atoms with Gasteiger partial charge in [0.2, 0.25) is 0 Å². The molecule has 0 unspecified atom stereocenters. The summed E-state index contributed by atoms with van der Waals surface area (Å²) in [4.78, 5) is 15.6. The van der Waals surface area contributed by atoms with Crippen LogP contribution in [0.15, 0.2) is 48.5 Å². The number of halogens is 1. The molecule has 6 nitrogen and oxygen atoms in total. The zero-order chi connectivity index (χ0) is 22.7. The molecule has 0 aliphatic carbocycles. The first-order valence-electron chi connectivity index (χ1n) is 11.0. The molecule has 3 aromatic rings. The fourth-order valence-electron chi connectivity index (χ4n) is 4.42. The highest BCUT2D eigenvalue weighted by atomic mass is 19.1. The molecule has 0 spiro atoms. The van der Waals surface area contributed by atoms with Gasteiger partial charge in [0.05, 0.1) is 35.8 Å². The van der Waals surface area contributed by atoms with Gasteiger partial charge >= 0.3 is 0 Å². The lowest BCUT2D eigenvalue weighted by atomic mass is 10.0. The van der Waals surface area contributed by atoms with Gasteiger partial charge in [-0.05, 0) is 81.7 Å². The van der Waals surface area contributed by atoms with Gasteiger partial charge in [-0.3, -0.25) is 9.69 Å². The first-order valence-corrected chi connectivity index (χ1v) is 11.0. The summed E-state index contributed by atoms with van der Waals surface area (Å²) in [7, 11) is 1.66. The van der Waals surface area contributed by atoms with E-state index in [9.17, 15) is 9.18 Å². The fourth-order valence-corrected chi connectivity index (χ4v) is 4.42. The molecule has 1 saturated heterocycles. The molecule has 0 bridgehead atoms. The molecule has 1 aromatic heterocycles. The van der Waals surface area contributed by atoms with E-state index in [4.69, 9.17) is 4.74 Å². The van der Waals surface area contributed by atoms with E-state index in [1.165, 1.54) is 25.0 Å². The maximum Gasteiger partial charge on any atom is 0.255 e. The lowest BCUT2D eigenvalue weighted by molar-refractivity contribution is 0.0936. The molecule has 4 rings (SSSR count). The minimum Gasteiger partial charge on any atom is -0.497 e. The minimum absolute atomic E-state index is 0.0973. The summed E-state index contributed by atoms with van der Waals surface area (Å²) in [5.41, 5.74) is 3.81. The number of hydrogen-bond acceptors (Lipinski definition) is 4. The molecular formula is C25H29FN4O2. The van der Waals surface area contributed by atoms with E-state index in [1.807, 2.05) is 26.0 Å². The molecule has 32 heavy (non-hydrogen) atoms. The summed E-state index contributed by atoms with van der Waals surface area (Å²) in [5.74, 6) is 0.364. The summed E-state index contributed by atoms with van der Waals surface area (Å²) in [6, 6.07) is 14.2. The van der Waals surface area contributed by atoms with Crippen molar-refractivity contribution >= 4 is 5.91 Å². The summed E-state index contributed by atoms with van der Waals surface area (Å²) < 4.78 is 20.3. The summed E-state index contributed by atoms with van der Waals surface area (Å²) in [5, 5.41) is 7.66. The van der Waals surface area contributed by atoms with Crippen molar-refractivity contribution < 1.29 is 13.9 Å². The maximum absolute atomic E-state index is 13.3. The zero-order valence-corrected chi connectivity index (χ0v) is 18.8. The van der Waals surface area contributed by atoms with Crippen molar-refractivity contribution in [2.45, 2.75) is 32.7 Å². The Morgan fingerprint density at radius 1 is 1.09 bits per heavy atom. The number of hydrogen-bond donors (Lipinski definition) is 1. The van der Waals surface area contributed by atoms with Crippen LogP contribution in [0.4, 0.5) is 4.39 Å². The van der Waals surface area contributed by atoms with Crippen LogP contribution in [-0.4, -0.2) is 47.3 Å². The smallest absolute Gasteiger partial charge is 0.255 e. The van der Waals surface area contributed by atoms with Gasteiger partial charge in [0.25, 0.3) is 5.91 Å². The van der Waals surface area contributed by atoms with Crippen molar-refractivity contribution in [1.82, 2.24) is 20.0 Å². The van der Waals surface area contributed by atoms with Crippen LogP contribution in [0.25, 0.3) is 5.69 Å². The maximum atomic E-state index is 13.3. The van der Waals surface area contributed by atoms with Crippen LogP contribution in [-0.2, 0) is 0 Å². The predicted molar refractivity (Wildman–Crippen MR) is 122 cm³/mol. The van der Waals surface area contributed by atoms with E-state index in [0.717, 1.165) is 35.8 Å². The van der Waals surface area contributed by atoms with Crippen molar-refractivity contribution in [1.29, 1.82) is 0 Å². The fraction of sp³-hybridized carbons (Fsp3) is 0.360. The minimum atomic E-state index is -0.306. The van der Waals surface area contributed by atoms with Crippen molar-refractivity contribution in [2.24, 2.45) is 0 Å². The van der Waals surface area contributed by atoms with Gasteiger partial charge < -0.3 is 10.1 Å². The number of nitrogens with zero attached hydrogens (tertiary/aromatic N) is 3. The number of carbonyl (C=O) groups excluding carboxylic acids is 1. The molecule has 1 N–H and O–H groups in total. The molecular weight excluding hydrogens is 407 g/mol. The van der Waals surface area contributed by atoms with Crippen LogP contribution in [0.1, 0.15) is 46.2 Å². The van der Waals surface area contributed by atoms with Crippen molar-refractivity contribution in [3.05, 3.63) is 76.9 Å². The average molecular weight is 437 g/mol. The van der Waals surface area contributed by atoms with Crippen LogP contribution in [0.2, 0.25) is 0 Å². The Bertz CT molecular complexity index is 1070. The third-order valence-electron chi connectivity index (χ3n) is 6.13. The molecule has 2 heterocycles. The van der Waals surface area contributed by atoms with Gasteiger partial charge in [0, 0.05) is 6.54 Å². The van der Waals surface area contributed by atoms with Crippen molar-refractivity contribution in [2.75, 3.05) is 26.7 Å². The van der Waals surface area contributed by atoms with E-state index in [0.29, 0.717) is 17.8 Å². The van der Waals surface area contributed by atoms with Gasteiger partial charge in [0.1, 0.15) is 11.6 Å². The first kappa shape index (κ1) is 22.0. The molecule has 1 aliphatic rings. The van der Waals surface area contributed by atoms with Gasteiger partial charge in [-0.25, -0.2) is 9.07 Å². The summed E-state index contributed by atoms with van der Waals surface area (Å²) in [6.45, 7) is 6.23. The lowest BCUT2D eigenvalue weighted by Gasteiger charge is -2.28. The Labute approximate surface area is 188 Å². The normalized spacial score (nSPS) is 15.0. The average Bonchev–Trinajstić information content (AvgIpc) is 3.43. The summed E-state index contributed by atoms with van der Waals surface area (Å²) >= 11 is 0. The second kappa shape index (κ2) is 9.53. The van der Waals surface area contributed by atoms with Crippen LogP contribution < -0.4 is 10.1 Å². The predicted octanol–water partition coefficient (Wildman–Crippen LogP) is 4.20. The number of likely N-dealkylation sites (tertiary alicyclic amines) is 1. The second-order valence-corrected chi connectivity index (χ2v) is 8.18. The van der Waals surface area contributed by atoms with E-state index >= 15 is 0 Å². The monoisotopic (exact) mass is 436 g/mol. The number of aromatic nitrogens is 2. The Kier molecular flexibility index (Phi) is 6.55. The van der Waals surface area contributed by atoms with Crippen LogP contribution in [0, 0.1) is 19.7 Å². The molecule has 7 heteroatoms. The number of benzene rings is 2. The molecule has 0 radical (unpaired) electrons. The van der Waals surface area contributed by atoms with E-state index < -0.39 is 0 Å². The Morgan fingerprint density at radius 2 is 1.75 bits per heavy atom. The van der Waals surface area contributed by atoms with Crippen LogP contribution >= 0.6 is 0 Å². The molecule has 1 fully saturated rings. The third kappa shape index (κ3) is 4.53. The van der Waals surface area contributed by atoms with Crippen LogP contribution in [0.5, 0.6) is 5.75 Å². The number of aryl methyl sites for hydroxylation is 1. The number of carbonyl (C=O) groups is 1. The first-order chi connectivity index (χ1) is 15.5. The SMILES string of the molecule is COc1ccc([C@@H](CNC(=O)c2c(C)nn(-c3ccc(F)cc3)c2C)N2CCCC2)cc1. The molecule has 1 atom stereocenters. The number of rotatable bonds is 7. The van der Waals surface area contributed by atoms with Crippen LogP contribution in [0.3, 0.4) is 0 Å². The number of nitrogens with one attached hydrogen (secondary N) is 1. The summed E-state index contributed by atoms with van der Waals surface area (Å²) in [6.07, 6.45) is 2.34. The van der Waals surface area contributed by atoms with Crippen molar-refractivity contribution in [3.63, 3.8) is 0 Å². The Balaban J connectivity index is 1.53. The highest BCUT2D eigenvalue weighted by molar-refractivity contribution is 5.96. The van der Waals surface area contributed by atoms with E-state index in [2.05, 4.69) is 27.4 Å². The van der Waals surface area contributed by atoms with Gasteiger partial charge in [-0.1, -0.05) is 12.1 Å². The Morgan fingerprint density at radius 3 is 2.38 bits per heavy atom. The largest absolute Gasteiger partial charge is 0.497 e. The quantitative estimate of drug-likeness (QED) is 0.603. The van der Waals surface area contributed by atoms with Gasteiger partial charge in [-0.15, -0.1) is 0 Å². The second-order valence-electron chi connectivity index (χ2n) is 8.18. The Hall–Kier alpha value is -3.19. The van der Waals surface area contributed by atoms with E-state index in [1.54, 1.807) is 23.9 Å². The molecule has 1 aliphatic heterocycles. The zero-order valence-electron chi connectivity index (χ0n) is 18.8. The molecule has 0 saturated carbocycles. The number of methoxy groups -OCH3 is 1. The van der Waals surface area contributed by atoms with E-state index in [-0.39, 0.29) is 17.8 Å². The third-order valence-corrected chi connectivity index (χ3v) is 6.13. The number of amides is 1. The molecule has 168 valence electrons. The number of ether oxygens (including phenoxy) is 1. The standard InChI is InChI=1S/C25H29FN4O2/c1-17-24(18(2)30(28-17)21-10-8-20(26)9-11-21)25(31)27-16-23(29-14-4-5-15-29)19-6-12-22(32-3)13-7-19/h6-13,23H,4-5,14-16H2,1-3H3,(H,27,31)/t23-/m1/s1. The van der Waals surface area contributed by atoms with Crippen molar-refractivity contribution in [3.8, 4) is 11.4 Å². The highest BCUT2D eigenvalue weighted by Gasteiger charge is 2.26. The molecule has 1 amide bonds. The molecule has 2 aromatic carbocycles. The van der Waals surface area contributed by atoms with Gasteiger partial charge in [0.15, 0.2) is 0 Å². The van der Waals surface area contributed by atoms with Gasteiger partial charge in [-0.2, -0.15) is 5.10 Å². The highest BCUT2D eigenvalue weighted by Crippen LogP contribution is 2.26. The lowest BCUT2D eigenvalue weighted by Crippen LogP contribution is -2.37.